The van der Waals surface area contributed by atoms with E-state index in [1.54, 1.807) is 52.0 Å². The number of hydrogen-bond acceptors (Lipinski definition) is 7. The van der Waals surface area contributed by atoms with Crippen molar-refractivity contribution in [2.75, 3.05) is 26.4 Å². The normalized spacial score (nSPS) is 12.9. The second-order valence-electron chi connectivity index (χ2n) is 6.17. The van der Waals surface area contributed by atoms with Crippen molar-refractivity contribution in [2.45, 2.75) is 52.4 Å². The highest BCUT2D eigenvalue weighted by atomic mass is 31.2. The maximum Gasteiger partial charge on any atom is 0.348 e. The molecule has 0 fully saturated rings. The standard InChI is InChI=1S/C19H32O7P2/c1-6-23-27(21,24-7-2)19(5,28(22,25-8-3)26-9-4)16-15-18(20)17-13-11-10-12-14-17/h10-14H,6-9,15-16H2,1-5H3. The molecule has 0 aromatic heterocycles. The molecule has 0 amide bonds. The molecule has 0 aliphatic carbocycles. The molecule has 0 bridgehead atoms. The van der Waals surface area contributed by atoms with Crippen LogP contribution in [0.3, 0.4) is 0 Å². The van der Waals surface area contributed by atoms with E-state index in [9.17, 15) is 13.9 Å². The molecule has 0 saturated carbocycles. The average Bonchev–Trinajstić information content (AvgIpc) is 2.67. The quantitative estimate of drug-likeness (QED) is 0.266. The van der Waals surface area contributed by atoms with E-state index in [0.29, 0.717) is 5.56 Å². The van der Waals surface area contributed by atoms with E-state index in [0.717, 1.165) is 0 Å². The van der Waals surface area contributed by atoms with Crippen molar-refractivity contribution >= 4 is 21.0 Å². The highest BCUT2D eigenvalue weighted by Crippen LogP contribution is 2.79. The summed E-state index contributed by atoms with van der Waals surface area (Å²) in [5.41, 5.74) is 0.523. The van der Waals surface area contributed by atoms with Crippen molar-refractivity contribution in [1.29, 1.82) is 0 Å². The number of benzene rings is 1. The number of rotatable bonds is 14. The lowest BCUT2D eigenvalue weighted by atomic mass is 10.1. The molecule has 0 spiro atoms. The first kappa shape index (κ1) is 25.2. The van der Waals surface area contributed by atoms with E-state index in [4.69, 9.17) is 18.1 Å². The van der Waals surface area contributed by atoms with Crippen molar-refractivity contribution in [3.63, 3.8) is 0 Å². The zero-order chi connectivity index (χ0) is 21.3. The fourth-order valence-corrected chi connectivity index (χ4v) is 8.14. The van der Waals surface area contributed by atoms with E-state index in [2.05, 4.69) is 0 Å². The molecule has 0 aliphatic rings. The van der Waals surface area contributed by atoms with Crippen LogP contribution in [0.5, 0.6) is 0 Å². The highest BCUT2D eigenvalue weighted by molar-refractivity contribution is 7.74. The largest absolute Gasteiger partial charge is 0.348 e. The summed E-state index contributed by atoms with van der Waals surface area (Å²) in [5, 5.41) is 0. The number of carbonyl (C=O) groups excluding carboxylic acids is 1. The predicted octanol–water partition coefficient (Wildman–Crippen LogP) is 5.90. The number of Topliss-reactive ketones (excluding diaryl/α,β-unsaturated/α-hetero) is 1. The minimum absolute atomic E-state index is 0.00517. The minimum atomic E-state index is -3.94. The molecular weight excluding hydrogens is 402 g/mol. The van der Waals surface area contributed by atoms with Crippen molar-refractivity contribution in [3.8, 4) is 0 Å². The van der Waals surface area contributed by atoms with E-state index < -0.39 is 20.1 Å². The van der Waals surface area contributed by atoms with Gasteiger partial charge in [0.1, 0.15) is 0 Å². The van der Waals surface area contributed by atoms with Crippen molar-refractivity contribution in [2.24, 2.45) is 0 Å². The van der Waals surface area contributed by atoms with Crippen LogP contribution in [0.2, 0.25) is 0 Å². The summed E-state index contributed by atoms with van der Waals surface area (Å²) in [4.78, 5) is 11.0. The molecule has 0 saturated heterocycles. The molecule has 0 unspecified atom stereocenters. The Balaban J connectivity index is 3.35. The Morgan fingerprint density at radius 1 is 0.821 bits per heavy atom. The van der Waals surface area contributed by atoms with Gasteiger partial charge in [-0.3, -0.25) is 13.9 Å². The Labute approximate surface area is 168 Å². The third-order valence-corrected chi connectivity index (χ3v) is 11.0. The molecule has 9 heteroatoms. The first-order chi connectivity index (χ1) is 13.2. The third kappa shape index (κ3) is 5.63. The van der Waals surface area contributed by atoms with E-state index in [1.165, 1.54) is 6.92 Å². The Bertz CT molecular complexity index is 655. The monoisotopic (exact) mass is 434 g/mol. The van der Waals surface area contributed by atoms with Gasteiger partial charge in [0.05, 0.1) is 26.4 Å². The summed E-state index contributed by atoms with van der Waals surface area (Å²) >= 11 is 0. The number of carbonyl (C=O) groups is 1. The molecule has 1 aromatic rings. The molecule has 1 aromatic carbocycles. The van der Waals surface area contributed by atoms with Crippen LogP contribution in [0.25, 0.3) is 0 Å². The lowest BCUT2D eigenvalue weighted by Crippen LogP contribution is -2.31. The predicted molar refractivity (Wildman–Crippen MR) is 110 cm³/mol. The second kappa shape index (κ2) is 11.4. The topological polar surface area (TPSA) is 88.1 Å². The summed E-state index contributed by atoms with van der Waals surface area (Å²) in [5.74, 6) is -0.161. The summed E-state index contributed by atoms with van der Waals surface area (Å²) < 4.78 is 49.4. The van der Waals surface area contributed by atoms with Gasteiger partial charge in [0, 0.05) is 12.0 Å². The lowest BCUT2D eigenvalue weighted by Gasteiger charge is -2.39. The maximum atomic E-state index is 13.7. The van der Waals surface area contributed by atoms with Crippen molar-refractivity contribution < 1.29 is 32.0 Å². The van der Waals surface area contributed by atoms with Gasteiger partial charge in [0.25, 0.3) is 0 Å². The molecule has 0 atom stereocenters. The van der Waals surface area contributed by atoms with Gasteiger partial charge in [-0.05, 0) is 41.0 Å². The molecule has 1 rings (SSSR count). The van der Waals surface area contributed by atoms with Gasteiger partial charge in [0.2, 0.25) is 0 Å². The molecule has 0 N–H and O–H groups in total. The average molecular weight is 434 g/mol. The van der Waals surface area contributed by atoms with E-state index in [-0.39, 0.29) is 45.1 Å². The summed E-state index contributed by atoms with van der Waals surface area (Å²) in [6, 6.07) is 8.76. The Morgan fingerprint density at radius 2 is 1.21 bits per heavy atom. The first-order valence-electron chi connectivity index (χ1n) is 9.60. The molecule has 0 radical (unpaired) electrons. The van der Waals surface area contributed by atoms with Crippen LogP contribution in [0.4, 0.5) is 0 Å². The summed E-state index contributed by atoms with van der Waals surface area (Å²) in [6.45, 7) is 8.58. The Kier molecular flexibility index (Phi) is 10.3. The Morgan fingerprint density at radius 3 is 1.57 bits per heavy atom. The van der Waals surface area contributed by atoms with Crippen LogP contribution in [0, 0.1) is 0 Å². The fraction of sp³-hybridized carbons (Fsp3) is 0.632. The number of ketones is 1. The minimum Gasteiger partial charge on any atom is -0.308 e. The van der Waals surface area contributed by atoms with E-state index >= 15 is 0 Å². The molecule has 7 nitrogen and oxygen atoms in total. The molecular formula is C19H32O7P2. The summed E-state index contributed by atoms with van der Waals surface area (Å²) in [7, 11) is -7.87. The maximum absolute atomic E-state index is 13.7. The smallest absolute Gasteiger partial charge is 0.308 e. The zero-order valence-corrected chi connectivity index (χ0v) is 19.2. The van der Waals surface area contributed by atoms with Crippen molar-refractivity contribution in [1.82, 2.24) is 0 Å². The molecule has 160 valence electrons. The first-order valence-corrected chi connectivity index (χ1v) is 12.7. The second-order valence-corrected chi connectivity index (χ2v) is 11.5. The van der Waals surface area contributed by atoms with Gasteiger partial charge in [-0.2, -0.15) is 0 Å². The number of hydrogen-bond donors (Lipinski definition) is 0. The SMILES string of the molecule is CCOP(=O)(OCC)C(C)(CCC(=O)c1ccccc1)P(=O)(OCC)OCC. The van der Waals surface area contributed by atoms with Crippen LogP contribution in [0.1, 0.15) is 57.8 Å². The molecule has 0 aliphatic heterocycles. The van der Waals surface area contributed by atoms with Crippen LogP contribution < -0.4 is 0 Å². The Hall–Kier alpha value is -0.810. The van der Waals surface area contributed by atoms with Gasteiger partial charge >= 0.3 is 15.2 Å². The van der Waals surface area contributed by atoms with E-state index in [1.807, 2.05) is 6.07 Å². The fourth-order valence-electron chi connectivity index (χ4n) is 2.85. The third-order valence-electron chi connectivity index (χ3n) is 4.30. The lowest BCUT2D eigenvalue weighted by molar-refractivity contribution is 0.0975. The zero-order valence-electron chi connectivity index (χ0n) is 17.4. The van der Waals surface area contributed by atoms with Crippen LogP contribution in [-0.4, -0.2) is 37.1 Å². The van der Waals surface area contributed by atoms with Gasteiger partial charge in [-0.25, -0.2) is 0 Å². The molecule has 0 heterocycles. The molecule has 28 heavy (non-hydrogen) atoms. The van der Waals surface area contributed by atoms with Gasteiger partial charge in [0.15, 0.2) is 10.7 Å². The van der Waals surface area contributed by atoms with Crippen molar-refractivity contribution in [3.05, 3.63) is 35.9 Å². The van der Waals surface area contributed by atoms with Gasteiger partial charge in [-0.1, -0.05) is 30.3 Å². The highest BCUT2D eigenvalue weighted by Gasteiger charge is 2.61. The van der Waals surface area contributed by atoms with Crippen LogP contribution in [0.15, 0.2) is 30.3 Å². The summed E-state index contributed by atoms with van der Waals surface area (Å²) in [6.07, 6.45) is -0.0376. The van der Waals surface area contributed by atoms with Gasteiger partial charge < -0.3 is 18.1 Å². The van der Waals surface area contributed by atoms with Crippen LogP contribution in [-0.2, 0) is 27.2 Å². The van der Waals surface area contributed by atoms with Crippen LogP contribution >= 0.6 is 15.2 Å². The van der Waals surface area contributed by atoms with Gasteiger partial charge in [-0.15, -0.1) is 0 Å².